The van der Waals surface area contributed by atoms with Gasteiger partial charge in [-0.3, -0.25) is 0 Å². The third-order valence-electron chi connectivity index (χ3n) is 2.56. The molecule has 1 fully saturated rings. The van der Waals surface area contributed by atoms with Crippen molar-refractivity contribution >= 4 is 0 Å². The highest BCUT2D eigenvalue weighted by molar-refractivity contribution is 5.03. The maximum Gasteiger partial charge on any atom is 0.362 e. The van der Waals surface area contributed by atoms with Crippen molar-refractivity contribution < 1.29 is 0 Å². The third-order valence-corrected chi connectivity index (χ3v) is 2.56. The van der Waals surface area contributed by atoms with Crippen molar-refractivity contribution in [1.29, 1.82) is 0 Å². The zero-order chi connectivity index (χ0) is 10.1. The van der Waals surface area contributed by atoms with E-state index >= 15 is 0 Å². The first-order valence-electron chi connectivity index (χ1n) is 5.12. The summed E-state index contributed by atoms with van der Waals surface area (Å²) in [7, 11) is 0. The van der Waals surface area contributed by atoms with Gasteiger partial charge in [-0.05, 0) is 26.7 Å². The molecule has 0 aromatic carbocycles. The molecule has 0 aliphatic heterocycles. The number of hydrogen-bond donors (Lipinski definition) is 2. The minimum atomic E-state index is -0.166. The van der Waals surface area contributed by atoms with E-state index in [1.165, 1.54) is 6.42 Å². The molecule has 0 spiro atoms. The van der Waals surface area contributed by atoms with E-state index in [0.29, 0.717) is 5.92 Å². The van der Waals surface area contributed by atoms with Crippen molar-refractivity contribution in [3.63, 3.8) is 0 Å². The molecule has 0 atom stereocenters. The normalized spacial score (nSPS) is 17.1. The number of aromatic nitrogens is 3. The fourth-order valence-electron chi connectivity index (χ4n) is 1.63. The summed E-state index contributed by atoms with van der Waals surface area (Å²) in [4.78, 5) is 11.4. The molecule has 0 unspecified atom stereocenters. The second-order valence-electron chi connectivity index (χ2n) is 4.13. The molecule has 2 rings (SSSR count). The summed E-state index contributed by atoms with van der Waals surface area (Å²) in [6.07, 6.45) is 3.53. The van der Waals surface area contributed by atoms with Crippen molar-refractivity contribution in [3.8, 4) is 0 Å². The number of nitrogens with zero attached hydrogens (tertiary/aromatic N) is 2. The van der Waals surface area contributed by atoms with Crippen LogP contribution in [0.1, 0.15) is 44.9 Å². The van der Waals surface area contributed by atoms with Gasteiger partial charge >= 0.3 is 5.69 Å². The van der Waals surface area contributed by atoms with E-state index in [0.717, 1.165) is 18.7 Å². The fourth-order valence-corrected chi connectivity index (χ4v) is 1.63. The quantitative estimate of drug-likeness (QED) is 0.751. The van der Waals surface area contributed by atoms with Gasteiger partial charge in [0.2, 0.25) is 0 Å². The van der Waals surface area contributed by atoms with Crippen LogP contribution in [0.5, 0.6) is 0 Å². The molecule has 1 aromatic heterocycles. The van der Waals surface area contributed by atoms with Gasteiger partial charge in [0.25, 0.3) is 0 Å². The average molecular weight is 196 g/mol. The van der Waals surface area contributed by atoms with Crippen LogP contribution in [0.15, 0.2) is 4.79 Å². The van der Waals surface area contributed by atoms with Gasteiger partial charge in [0, 0.05) is 12.0 Å². The molecule has 0 bridgehead atoms. The molecule has 5 nitrogen and oxygen atoms in total. The van der Waals surface area contributed by atoms with Gasteiger partial charge in [-0.1, -0.05) is 6.42 Å². The topological polar surface area (TPSA) is 62.7 Å². The first-order chi connectivity index (χ1) is 6.68. The highest BCUT2D eigenvalue weighted by atomic mass is 16.2. The first-order valence-corrected chi connectivity index (χ1v) is 5.12. The summed E-state index contributed by atoms with van der Waals surface area (Å²) in [6.45, 7) is 4.01. The highest BCUT2D eigenvalue weighted by Gasteiger charge is 2.25. The van der Waals surface area contributed by atoms with Gasteiger partial charge in [-0.15, -0.1) is 0 Å². The molecule has 1 saturated carbocycles. The lowest BCUT2D eigenvalue weighted by Gasteiger charge is -2.25. The SMILES string of the molecule is CC(C)Nn1c(C2CCC2)n[nH]c1=O. The average Bonchev–Trinajstić information content (AvgIpc) is 2.32. The maximum atomic E-state index is 11.4. The Kier molecular flexibility index (Phi) is 2.31. The molecular weight excluding hydrogens is 180 g/mol. The standard InChI is InChI=1S/C9H16N4O/c1-6(2)12-13-8(7-4-3-5-7)10-11-9(13)14/h6-7,12H,3-5H2,1-2H3,(H,11,14). The number of H-pyrrole nitrogens is 1. The molecule has 0 amide bonds. The molecule has 1 aliphatic carbocycles. The van der Waals surface area contributed by atoms with Crippen LogP contribution in [0.2, 0.25) is 0 Å². The predicted molar refractivity (Wildman–Crippen MR) is 53.9 cm³/mol. The van der Waals surface area contributed by atoms with Crippen LogP contribution >= 0.6 is 0 Å². The van der Waals surface area contributed by atoms with Crippen molar-refractivity contribution in [2.45, 2.75) is 45.1 Å². The lowest BCUT2D eigenvalue weighted by Crippen LogP contribution is -2.34. The predicted octanol–water partition coefficient (Wildman–Crippen LogP) is 0.791. The van der Waals surface area contributed by atoms with Crippen LogP contribution in [0, 0.1) is 0 Å². The Morgan fingerprint density at radius 2 is 2.29 bits per heavy atom. The molecule has 0 saturated heterocycles. The van der Waals surface area contributed by atoms with Crippen molar-refractivity contribution in [3.05, 3.63) is 16.3 Å². The van der Waals surface area contributed by atoms with E-state index in [1.54, 1.807) is 4.68 Å². The Morgan fingerprint density at radius 1 is 1.57 bits per heavy atom. The summed E-state index contributed by atoms with van der Waals surface area (Å²) in [6, 6.07) is 0.240. The maximum absolute atomic E-state index is 11.4. The van der Waals surface area contributed by atoms with E-state index in [4.69, 9.17) is 0 Å². The van der Waals surface area contributed by atoms with Gasteiger partial charge in [-0.25, -0.2) is 9.89 Å². The zero-order valence-corrected chi connectivity index (χ0v) is 8.58. The summed E-state index contributed by atoms with van der Waals surface area (Å²) in [5.41, 5.74) is 2.92. The molecule has 5 heteroatoms. The van der Waals surface area contributed by atoms with Gasteiger partial charge in [0.05, 0.1) is 0 Å². The van der Waals surface area contributed by atoms with E-state index < -0.39 is 0 Å². The van der Waals surface area contributed by atoms with Crippen LogP contribution in [-0.4, -0.2) is 20.9 Å². The van der Waals surface area contributed by atoms with Crippen molar-refractivity contribution in [2.75, 3.05) is 5.43 Å². The monoisotopic (exact) mass is 196 g/mol. The molecular formula is C9H16N4O. The molecule has 14 heavy (non-hydrogen) atoms. The van der Waals surface area contributed by atoms with E-state index in [9.17, 15) is 4.79 Å². The minimum absolute atomic E-state index is 0.166. The Labute approximate surface area is 82.5 Å². The summed E-state index contributed by atoms with van der Waals surface area (Å²) < 4.78 is 1.55. The largest absolute Gasteiger partial charge is 0.362 e. The highest BCUT2D eigenvalue weighted by Crippen LogP contribution is 2.34. The minimum Gasteiger partial charge on any atom is -0.318 e. The van der Waals surface area contributed by atoms with Crippen LogP contribution in [0.3, 0.4) is 0 Å². The first kappa shape index (κ1) is 9.30. The van der Waals surface area contributed by atoms with Crippen LogP contribution < -0.4 is 11.1 Å². The lowest BCUT2D eigenvalue weighted by molar-refractivity contribution is 0.390. The molecule has 0 radical (unpaired) electrons. The lowest BCUT2D eigenvalue weighted by atomic mass is 9.85. The van der Waals surface area contributed by atoms with Crippen molar-refractivity contribution in [1.82, 2.24) is 14.9 Å². The van der Waals surface area contributed by atoms with Gasteiger partial charge in [0.15, 0.2) is 5.82 Å². The van der Waals surface area contributed by atoms with Gasteiger partial charge < -0.3 is 5.43 Å². The second kappa shape index (κ2) is 3.48. The third kappa shape index (κ3) is 1.54. The van der Waals surface area contributed by atoms with Gasteiger partial charge in [-0.2, -0.15) is 9.77 Å². The van der Waals surface area contributed by atoms with E-state index in [-0.39, 0.29) is 11.7 Å². The molecule has 1 aromatic rings. The molecule has 1 aliphatic rings. The fraction of sp³-hybridized carbons (Fsp3) is 0.778. The van der Waals surface area contributed by atoms with Crippen LogP contribution in [0.25, 0.3) is 0 Å². The smallest absolute Gasteiger partial charge is 0.318 e. The zero-order valence-electron chi connectivity index (χ0n) is 8.58. The van der Waals surface area contributed by atoms with E-state index in [2.05, 4.69) is 15.6 Å². The van der Waals surface area contributed by atoms with Crippen molar-refractivity contribution in [2.24, 2.45) is 0 Å². The number of nitrogens with one attached hydrogen (secondary N) is 2. The van der Waals surface area contributed by atoms with Crippen LogP contribution in [0.4, 0.5) is 0 Å². The number of hydrogen-bond acceptors (Lipinski definition) is 3. The molecule has 78 valence electrons. The Balaban J connectivity index is 2.25. The molecule has 2 N–H and O–H groups in total. The number of rotatable bonds is 3. The molecule has 1 heterocycles. The second-order valence-corrected chi connectivity index (χ2v) is 4.13. The Morgan fingerprint density at radius 3 is 2.79 bits per heavy atom. The summed E-state index contributed by atoms with van der Waals surface area (Å²) in [5, 5.41) is 6.54. The van der Waals surface area contributed by atoms with Gasteiger partial charge in [0.1, 0.15) is 0 Å². The van der Waals surface area contributed by atoms with E-state index in [1.807, 2.05) is 13.8 Å². The van der Waals surface area contributed by atoms with Crippen LogP contribution in [-0.2, 0) is 0 Å². The summed E-state index contributed by atoms with van der Waals surface area (Å²) >= 11 is 0. The Hall–Kier alpha value is -1.26. The summed E-state index contributed by atoms with van der Waals surface area (Å²) in [5.74, 6) is 1.31. The number of aromatic amines is 1. The Bertz CT molecular complexity index is 361.